The summed E-state index contributed by atoms with van der Waals surface area (Å²) in [5, 5.41) is 22.7. The predicted molar refractivity (Wildman–Crippen MR) is 184 cm³/mol. The molecule has 2 aromatic carbocycles. The van der Waals surface area contributed by atoms with Gasteiger partial charge in [0.25, 0.3) is 5.91 Å². The molecule has 2 N–H and O–H groups in total. The van der Waals surface area contributed by atoms with Crippen LogP contribution in [0.15, 0.2) is 48.6 Å². The third-order valence-electron chi connectivity index (χ3n) is 11.9. The summed E-state index contributed by atoms with van der Waals surface area (Å²) < 4.78 is 35.7. The molecule has 1 fully saturated rings. The van der Waals surface area contributed by atoms with Crippen LogP contribution >= 0.6 is 11.6 Å². The highest BCUT2D eigenvalue weighted by atomic mass is 35.5. The molecule has 47 heavy (non-hydrogen) atoms. The molecular weight excluding hydrogens is 634 g/mol. The molecule has 10 heteroatoms. The minimum atomic E-state index is -4.02. The van der Waals surface area contributed by atoms with Crippen molar-refractivity contribution in [2.24, 2.45) is 22.7 Å². The summed E-state index contributed by atoms with van der Waals surface area (Å²) in [6.07, 6.45) is 8.34. The number of ether oxygens (including phenoxy) is 1. The number of hydrogen-bond acceptors (Lipinski definition) is 7. The van der Waals surface area contributed by atoms with E-state index >= 15 is 0 Å². The second kappa shape index (κ2) is 11.8. The van der Waals surface area contributed by atoms with E-state index < -0.39 is 32.2 Å². The van der Waals surface area contributed by atoms with Gasteiger partial charge in [-0.15, -0.1) is 0 Å². The van der Waals surface area contributed by atoms with Crippen LogP contribution in [0, 0.1) is 34.0 Å². The van der Waals surface area contributed by atoms with E-state index in [0.29, 0.717) is 42.6 Å². The SMILES string of the molecule is C[C@@H]1[C@@H](C)C/C=C/[C@](O)(C(C)(C)C#N)[C@@H]2CCC2(C)CN2C[C@@]3(CCCc4cc(Cl)ccc43)COc3ccc(cc32)C(=O)NS1(=O)=O. The number of aryl methyl sites for hydroxylation is 1. The number of aliphatic hydroxyl groups is 1. The minimum Gasteiger partial charge on any atom is -0.490 e. The average Bonchev–Trinajstić information content (AvgIpc) is 3.15. The van der Waals surface area contributed by atoms with Crippen molar-refractivity contribution in [3.63, 3.8) is 0 Å². The molecule has 1 saturated carbocycles. The van der Waals surface area contributed by atoms with Gasteiger partial charge in [-0.2, -0.15) is 5.26 Å². The van der Waals surface area contributed by atoms with E-state index in [-0.39, 0.29) is 28.2 Å². The predicted octanol–water partition coefficient (Wildman–Crippen LogP) is 6.55. The van der Waals surface area contributed by atoms with Crippen LogP contribution in [0.25, 0.3) is 0 Å². The first kappa shape index (κ1) is 33.8. The number of carbonyl (C=O) groups is 1. The Labute approximate surface area is 284 Å². The number of nitrogens with zero attached hydrogens (tertiary/aromatic N) is 2. The van der Waals surface area contributed by atoms with E-state index in [1.807, 2.05) is 19.1 Å². The number of sulfonamides is 1. The number of benzene rings is 2. The molecule has 2 aliphatic heterocycles. The largest absolute Gasteiger partial charge is 0.490 e. The molecule has 6 atom stereocenters. The number of fused-ring (bicyclic) bond motifs is 4. The van der Waals surface area contributed by atoms with Gasteiger partial charge in [0.1, 0.15) is 11.4 Å². The van der Waals surface area contributed by atoms with E-state index in [4.69, 9.17) is 16.3 Å². The fourth-order valence-electron chi connectivity index (χ4n) is 8.48. The first-order valence-corrected chi connectivity index (χ1v) is 18.6. The van der Waals surface area contributed by atoms with E-state index in [1.165, 1.54) is 11.1 Å². The number of anilines is 1. The molecule has 6 rings (SSSR count). The van der Waals surface area contributed by atoms with Crippen molar-refractivity contribution in [3.8, 4) is 11.8 Å². The lowest BCUT2D eigenvalue weighted by molar-refractivity contribution is -0.136. The smallest absolute Gasteiger partial charge is 0.264 e. The third-order valence-corrected chi connectivity index (χ3v) is 14.1. The van der Waals surface area contributed by atoms with Gasteiger partial charge in [-0.3, -0.25) is 4.79 Å². The van der Waals surface area contributed by atoms with E-state index in [1.54, 1.807) is 45.0 Å². The summed E-state index contributed by atoms with van der Waals surface area (Å²) in [4.78, 5) is 15.8. The molecule has 252 valence electrons. The van der Waals surface area contributed by atoms with Gasteiger partial charge in [0, 0.05) is 29.1 Å². The summed E-state index contributed by atoms with van der Waals surface area (Å²) in [7, 11) is -4.02. The number of allylic oxidation sites excluding steroid dienone is 1. The van der Waals surface area contributed by atoms with Crippen LogP contribution in [-0.4, -0.2) is 50.0 Å². The van der Waals surface area contributed by atoms with Crippen LogP contribution in [0.5, 0.6) is 5.75 Å². The van der Waals surface area contributed by atoms with Crippen molar-refractivity contribution in [2.45, 2.75) is 89.4 Å². The second-order valence-corrected chi connectivity index (χ2v) is 17.8. The molecule has 0 aromatic heterocycles. The van der Waals surface area contributed by atoms with Crippen molar-refractivity contribution >= 4 is 33.2 Å². The number of hydrogen-bond donors (Lipinski definition) is 2. The maximum atomic E-state index is 13.5. The summed E-state index contributed by atoms with van der Waals surface area (Å²) >= 11 is 6.43. The summed E-state index contributed by atoms with van der Waals surface area (Å²) in [6.45, 7) is 10.7. The Kier molecular flexibility index (Phi) is 8.51. The molecule has 0 saturated heterocycles. The van der Waals surface area contributed by atoms with Gasteiger partial charge in [-0.25, -0.2) is 13.1 Å². The number of amides is 1. The monoisotopic (exact) mass is 679 g/mol. The molecule has 2 bridgehead atoms. The fraction of sp³-hybridized carbons (Fsp3) is 0.568. The van der Waals surface area contributed by atoms with Crippen LogP contribution in [0.3, 0.4) is 0 Å². The Hall–Kier alpha value is -3.06. The van der Waals surface area contributed by atoms with Crippen molar-refractivity contribution in [2.75, 3.05) is 24.6 Å². The molecule has 1 amide bonds. The fourth-order valence-corrected chi connectivity index (χ4v) is 9.96. The Morgan fingerprint density at radius 2 is 1.91 bits per heavy atom. The molecule has 8 nitrogen and oxygen atoms in total. The molecular formula is C37H46ClN3O5S. The minimum absolute atomic E-state index is 0.233. The molecule has 1 spiro atoms. The topological polar surface area (TPSA) is 120 Å². The zero-order chi connectivity index (χ0) is 34.0. The lowest BCUT2D eigenvalue weighted by atomic mass is 9.50. The molecule has 0 radical (unpaired) electrons. The van der Waals surface area contributed by atoms with Gasteiger partial charge in [0.2, 0.25) is 10.0 Å². The maximum absolute atomic E-state index is 13.5. The van der Waals surface area contributed by atoms with Crippen LogP contribution in [0.2, 0.25) is 5.02 Å². The number of rotatable bonds is 1. The van der Waals surface area contributed by atoms with Crippen molar-refractivity contribution in [1.29, 1.82) is 5.26 Å². The molecule has 2 aromatic rings. The van der Waals surface area contributed by atoms with Gasteiger partial charge < -0.3 is 14.7 Å². The first-order chi connectivity index (χ1) is 22.0. The van der Waals surface area contributed by atoms with E-state index in [2.05, 4.69) is 34.7 Å². The standard InChI is InChI=1S/C37H46ClN3O5S/c1-24-8-6-16-37(43,34(3,4)20-39)32-14-17-35(32,5)21-41-22-36(15-7-9-26-18-28(38)11-12-29(26)36)23-46-31-13-10-27(19-30(31)41)33(42)40-47(44,45)25(24)2/h6,10-13,16,18-19,24-25,32,43H,7-9,14-15,17,21-23H2,1-5H3,(H,40,42)/b16-6+/t24-,25+,32+,35?,36-,37+/m0/s1. The first-order valence-electron chi connectivity index (χ1n) is 16.7. The van der Waals surface area contributed by atoms with Crippen molar-refractivity contribution in [3.05, 3.63) is 70.3 Å². The van der Waals surface area contributed by atoms with Gasteiger partial charge in [-0.05, 0) is 118 Å². The van der Waals surface area contributed by atoms with Crippen molar-refractivity contribution in [1.82, 2.24) is 4.72 Å². The lowest BCUT2D eigenvalue weighted by Gasteiger charge is -2.58. The Morgan fingerprint density at radius 3 is 2.62 bits per heavy atom. The Bertz CT molecular complexity index is 1770. The highest BCUT2D eigenvalue weighted by Gasteiger charge is 2.59. The van der Waals surface area contributed by atoms with Gasteiger partial charge in [-0.1, -0.05) is 43.7 Å². The summed E-state index contributed by atoms with van der Waals surface area (Å²) in [5.41, 5.74) is 0.0687. The molecule has 2 heterocycles. The van der Waals surface area contributed by atoms with Crippen LogP contribution in [-0.2, 0) is 21.9 Å². The maximum Gasteiger partial charge on any atom is 0.264 e. The lowest BCUT2D eigenvalue weighted by Crippen LogP contribution is -2.62. The number of nitrogens with one attached hydrogen (secondary N) is 1. The van der Waals surface area contributed by atoms with Crippen LogP contribution in [0.1, 0.15) is 88.2 Å². The van der Waals surface area contributed by atoms with Gasteiger partial charge in [0.15, 0.2) is 0 Å². The van der Waals surface area contributed by atoms with Crippen molar-refractivity contribution < 1.29 is 23.1 Å². The number of halogens is 1. The summed E-state index contributed by atoms with van der Waals surface area (Å²) in [5.74, 6) is -0.647. The van der Waals surface area contributed by atoms with Crippen LogP contribution < -0.4 is 14.4 Å². The third kappa shape index (κ3) is 5.74. The van der Waals surface area contributed by atoms with Crippen LogP contribution in [0.4, 0.5) is 5.69 Å². The normalized spacial score (nSPS) is 34.4. The summed E-state index contributed by atoms with van der Waals surface area (Å²) in [6, 6.07) is 13.6. The molecule has 2 aliphatic carbocycles. The molecule has 1 unspecified atom stereocenters. The highest BCUT2D eigenvalue weighted by molar-refractivity contribution is 7.90. The zero-order valence-electron chi connectivity index (χ0n) is 28.0. The Morgan fingerprint density at radius 1 is 1.15 bits per heavy atom. The number of nitriles is 1. The van der Waals surface area contributed by atoms with E-state index in [9.17, 15) is 23.6 Å². The quantitative estimate of drug-likeness (QED) is 0.328. The zero-order valence-corrected chi connectivity index (χ0v) is 29.5. The molecule has 4 aliphatic rings. The Balaban J connectivity index is 1.51. The van der Waals surface area contributed by atoms with Gasteiger partial charge >= 0.3 is 0 Å². The van der Waals surface area contributed by atoms with Gasteiger partial charge in [0.05, 0.1) is 29.0 Å². The highest BCUT2D eigenvalue weighted by Crippen LogP contribution is 2.58. The van der Waals surface area contributed by atoms with E-state index in [0.717, 1.165) is 32.1 Å². The average molecular weight is 680 g/mol. The second-order valence-electron chi connectivity index (χ2n) is 15.4. The number of carbonyl (C=O) groups excluding carboxylic acids is 1.